The van der Waals surface area contributed by atoms with E-state index in [0.29, 0.717) is 16.5 Å². The monoisotopic (exact) mass is 466 g/mol. The Bertz CT molecular complexity index is 866. The topological polar surface area (TPSA) is 49.4 Å². The van der Waals surface area contributed by atoms with Crippen LogP contribution >= 0.6 is 35.0 Å². The molecule has 162 valence electrons. The molecule has 7 heteroatoms. The molecule has 2 aromatic carbocycles. The highest BCUT2D eigenvalue weighted by molar-refractivity contribution is 8.00. The summed E-state index contributed by atoms with van der Waals surface area (Å²) in [5.41, 5.74) is 0.424. The van der Waals surface area contributed by atoms with E-state index < -0.39 is 6.04 Å². The van der Waals surface area contributed by atoms with Gasteiger partial charge in [0, 0.05) is 27.0 Å². The van der Waals surface area contributed by atoms with Crippen LogP contribution in [0.4, 0.5) is 0 Å². The Morgan fingerprint density at radius 1 is 1.07 bits per heavy atom. The molecule has 1 atom stereocenters. The van der Waals surface area contributed by atoms with Crippen LogP contribution in [-0.2, 0) is 16.1 Å². The average molecular weight is 467 g/mol. The molecule has 0 aliphatic heterocycles. The summed E-state index contributed by atoms with van der Waals surface area (Å²) in [5.74, 6) is -0.0709. The van der Waals surface area contributed by atoms with Gasteiger partial charge in [0.25, 0.3) is 0 Å². The van der Waals surface area contributed by atoms with Gasteiger partial charge in [-0.2, -0.15) is 0 Å². The third-order valence-electron chi connectivity index (χ3n) is 4.36. The van der Waals surface area contributed by atoms with Crippen molar-refractivity contribution in [2.24, 2.45) is 0 Å². The summed E-state index contributed by atoms with van der Waals surface area (Å²) in [4.78, 5) is 28.8. The number of amides is 2. The van der Waals surface area contributed by atoms with Gasteiger partial charge in [-0.3, -0.25) is 9.59 Å². The third-order valence-corrected chi connectivity index (χ3v) is 5.98. The molecule has 0 radical (unpaired) electrons. The molecule has 30 heavy (non-hydrogen) atoms. The number of nitrogens with zero attached hydrogens (tertiary/aromatic N) is 1. The van der Waals surface area contributed by atoms with E-state index in [0.717, 1.165) is 10.5 Å². The molecule has 0 unspecified atom stereocenters. The summed E-state index contributed by atoms with van der Waals surface area (Å²) in [6.45, 7) is 7.96. The summed E-state index contributed by atoms with van der Waals surface area (Å²) in [5, 5.41) is 4.22. The van der Waals surface area contributed by atoms with E-state index in [2.05, 4.69) is 5.32 Å². The summed E-state index contributed by atoms with van der Waals surface area (Å²) >= 11 is 13.7. The SMILES string of the molecule is CC[C@@H](C(=O)NC(C)(C)C)N(Cc1ccccc1Cl)C(=O)CSc1ccc(Cl)cc1. The van der Waals surface area contributed by atoms with Crippen molar-refractivity contribution in [2.45, 2.75) is 57.1 Å². The molecule has 2 amide bonds. The lowest BCUT2D eigenvalue weighted by atomic mass is 10.1. The zero-order valence-corrected chi connectivity index (χ0v) is 20.1. The van der Waals surface area contributed by atoms with Crippen LogP contribution in [-0.4, -0.2) is 34.0 Å². The summed E-state index contributed by atoms with van der Waals surface area (Å²) in [6, 6.07) is 14.1. The van der Waals surface area contributed by atoms with E-state index in [1.54, 1.807) is 23.1 Å². The van der Waals surface area contributed by atoms with Crippen LogP contribution in [0.3, 0.4) is 0 Å². The van der Waals surface area contributed by atoms with Crippen molar-refractivity contribution in [1.29, 1.82) is 0 Å². The highest BCUT2D eigenvalue weighted by Crippen LogP contribution is 2.24. The van der Waals surface area contributed by atoms with E-state index in [-0.39, 0.29) is 29.7 Å². The van der Waals surface area contributed by atoms with Crippen molar-refractivity contribution < 1.29 is 9.59 Å². The average Bonchev–Trinajstić information content (AvgIpc) is 2.67. The number of hydrogen-bond acceptors (Lipinski definition) is 3. The van der Waals surface area contributed by atoms with Crippen LogP contribution in [0, 0.1) is 0 Å². The number of rotatable bonds is 8. The number of carbonyl (C=O) groups excluding carboxylic acids is 2. The molecule has 0 aliphatic rings. The van der Waals surface area contributed by atoms with Crippen molar-refractivity contribution in [3.63, 3.8) is 0 Å². The van der Waals surface area contributed by atoms with E-state index in [9.17, 15) is 9.59 Å². The number of carbonyl (C=O) groups is 2. The first-order valence-electron chi connectivity index (χ1n) is 9.84. The largest absolute Gasteiger partial charge is 0.350 e. The Hall–Kier alpha value is -1.69. The van der Waals surface area contributed by atoms with Gasteiger partial charge < -0.3 is 10.2 Å². The van der Waals surface area contributed by atoms with Crippen molar-refractivity contribution in [1.82, 2.24) is 10.2 Å². The second kappa shape index (κ2) is 11.1. The van der Waals surface area contributed by atoms with E-state index in [1.807, 2.05) is 58.0 Å². The first-order chi connectivity index (χ1) is 14.1. The zero-order chi connectivity index (χ0) is 22.3. The Morgan fingerprint density at radius 2 is 1.70 bits per heavy atom. The van der Waals surface area contributed by atoms with Crippen LogP contribution in [0.2, 0.25) is 10.0 Å². The molecule has 2 rings (SSSR count). The molecule has 0 spiro atoms. The van der Waals surface area contributed by atoms with Crippen molar-refractivity contribution in [2.75, 3.05) is 5.75 Å². The minimum Gasteiger partial charge on any atom is -0.350 e. The maximum atomic E-state index is 13.2. The van der Waals surface area contributed by atoms with Gasteiger partial charge in [0.05, 0.1) is 5.75 Å². The lowest BCUT2D eigenvalue weighted by Gasteiger charge is -2.33. The second-order valence-corrected chi connectivity index (χ2v) is 9.91. The van der Waals surface area contributed by atoms with Crippen molar-refractivity contribution in [3.05, 3.63) is 64.1 Å². The lowest BCUT2D eigenvalue weighted by molar-refractivity contribution is -0.140. The van der Waals surface area contributed by atoms with Crippen LogP contribution < -0.4 is 5.32 Å². The fourth-order valence-electron chi connectivity index (χ4n) is 2.94. The normalized spacial score (nSPS) is 12.3. The fourth-order valence-corrected chi connectivity index (χ4v) is 4.05. The fraction of sp³-hybridized carbons (Fsp3) is 0.391. The molecule has 0 fully saturated rings. The van der Waals surface area contributed by atoms with Gasteiger partial charge >= 0.3 is 0 Å². The van der Waals surface area contributed by atoms with Crippen molar-refractivity contribution in [3.8, 4) is 0 Å². The standard InChI is InChI=1S/C23H28Cl2N2O2S/c1-5-20(22(29)26-23(2,3)4)27(14-16-8-6-7-9-19(16)25)21(28)15-30-18-12-10-17(24)11-13-18/h6-13,20H,5,14-15H2,1-4H3,(H,26,29)/t20-/m0/s1. The highest BCUT2D eigenvalue weighted by Gasteiger charge is 2.30. The first kappa shape index (κ1) is 24.6. The maximum Gasteiger partial charge on any atom is 0.243 e. The molecule has 0 aromatic heterocycles. The predicted octanol–water partition coefficient (Wildman–Crippen LogP) is 5.81. The van der Waals surface area contributed by atoms with Gasteiger partial charge in [-0.15, -0.1) is 11.8 Å². The van der Waals surface area contributed by atoms with Gasteiger partial charge in [-0.05, 0) is 63.1 Å². The molecular formula is C23H28Cl2N2O2S. The van der Waals surface area contributed by atoms with Crippen LogP contribution in [0.1, 0.15) is 39.7 Å². The van der Waals surface area contributed by atoms with Crippen LogP contribution in [0.25, 0.3) is 0 Å². The molecule has 0 bridgehead atoms. The number of hydrogen-bond donors (Lipinski definition) is 1. The molecule has 0 heterocycles. The molecule has 0 aliphatic carbocycles. The molecule has 4 nitrogen and oxygen atoms in total. The zero-order valence-electron chi connectivity index (χ0n) is 17.7. The van der Waals surface area contributed by atoms with E-state index in [1.165, 1.54) is 11.8 Å². The number of nitrogens with one attached hydrogen (secondary N) is 1. The number of benzene rings is 2. The highest BCUT2D eigenvalue weighted by atomic mass is 35.5. The Kier molecular flexibility index (Phi) is 9.08. The van der Waals surface area contributed by atoms with Crippen LogP contribution in [0.5, 0.6) is 0 Å². The Labute approximate surface area is 193 Å². The summed E-state index contributed by atoms with van der Waals surface area (Å²) in [6.07, 6.45) is 0.504. The Morgan fingerprint density at radius 3 is 2.27 bits per heavy atom. The number of halogens is 2. The second-order valence-electron chi connectivity index (χ2n) is 8.02. The molecule has 1 N–H and O–H groups in total. The first-order valence-corrected chi connectivity index (χ1v) is 11.6. The molecule has 0 saturated carbocycles. The van der Waals surface area contributed by atoms with E-state index >= 15 is 0 Å². The number of thioether (sulfide) groups is 1. The third kappa shape index (κ3) is 7.53. The molecule has 2 aromatic rings. The molecular weight excluding hydrogens is 439 g/mol. The van der Waals surface area contributed by atoms with Gasteiger partial charge in [-0.1, -0.05) is 48.3 Å². The van der Waals surface area contributed by atoms with Gasteiger partial charge in [-0.25, -0.2) is 0 Å². The predicted molar refractivity (Wildman–Crippen MR) is 126 cm³/mol. The smallest absolute Gasteiger partial charge is 0.243 e. The van der Waals surface area contributed by atoms with E-state index in [4.69, 9.17) is 23.2 Å². The van der Waals surface area contributed by atoms with Crippen LogP contribution in [0.15, 0.2) is 53.4 Å². The maximum absolute atomic E-state index is 13.2. The van der Waals surface area contributed by atoms with Gasteiger partial charge in [0.15, 0.2) is 0 Å². The minimum absolute atomic E-state index is 0.120. The minimum atomic E-state index is -0.584. The van der Waals surface area contributed by atoms with Gasteiger partial charge in [0.2, 0.25) is 11.8 Å². The van der Waals surface area contributed by atoms with Gasteiger partial charge in [0.1, 0.15) is 6.04 Å². The quantitative estimate of drug-likeness (QED) is 0.499. The van der Waals surface area contributed by atoms with Crippen molar-refractivity contribution >= 4 is 46.8 Å². The molecule has 0 saturated heterocycles. The Balaban J connectivity index is 2.24. The summed E-state index contributed by atoms with van der Waals surface area (Å²) in [7, 11) is 0. The summed E-state index contributed by atoms with van der Waals surface area (Å²) < 4.78 is 0. The lowest BCUT2D eigenvalue weighted by Crippen LogP contribution is -2.53.